The molecule has 3 aromatic rings. The minimum Gasteiger partial charge on any atom is -0.468 e. The minimum absolute atomic E-state index is 0.0545. The number of nitrogens with zero attached hydrogens (tertiary/aromatic N) is 3. The number of rotatable bonds is 4. The van der Waals surface area contributed by atoms with Crippen LogP contribution < -0.4 is 16.4 Å². The molecule has 2 fully saturated rings. The highest BCUT2D eigenvalue weighted by molar-refractivity contribution is 5.78. The molecule has 1 aromatic carbocycles. The molecule has 2 aliphatic heterocycles. The van der Waals surface area contributed by atoms with E-state index in [-0.39, 0.29) is 29.4 Å². The van der Waals surface area contributed by atoms with E-state index in [0.29, 0.717) is 17.6 Å². The standard InChI is InChI=1S/C23H24N4O4/c1-31-20(28)13-26-10-4-5-17(22(26)29)21-23(30)27(19-7-3-2-6-18(19)25-21)16-11-14-8-9-15(12-16)24-14/h2-7,10,14-16,24H,8-9,11-13H2,1H3. The van der Waals surface area contributed by atoms with Gasteiger partial charge in [-0.1, -0.05) is 12.1 Å². The Morgan fingerprint density at radius 1 is 1.10 bits per heavy atom. The summed E-state index contributed by atoms with van der Waals surface area (Å²) in [4.78, 5) is 43.0. The molecular formula is C23H24N4O4. The van der Waals surface area contributed by atoms with Gasteiger partial charge in [0.1, 0.15) is 12.2 Å². The lowest BCUT2D eigenvalue weighted by Gasteiger charge is -2.31. The molecule has 0 saturated carbocycles. The average molecular weight is 420 g/mol. The third-order valence-corrected chi connectivity index (χ3v) is 6.41. The van der Waals surface area contributed by atoms with Crippen LogP contribution in [0.3, 0.4) is 0 Å². The largest absolute Gasteiger partial charge is 0.468 e. The van der Waals surface area contributed by atoms with Crippen LogP contribution in [0, 0.1) is 0 Å². The molecule has 2 atom stereocenters. The molecule has 2 saturated heterocycles. The zero-order valence-corrected chi connectivity index (χ0v) is 17.3. The molecule has 2 bridgehead atoms. The second-order valence-electron chi connectivity index (χ2n) is 8.32. The molecule has 4 heterocycles. The summed E-state index contributed by atoms with van der Waals surface area (Å²) in [7, 11) is 1.27. The summed E-state index contributed by atoms with van der Waals surface area (Å²) in [5.41, 5.74) is 1.06. The number of hydrogen-bond acceptors (Lipinski definition) is 6. The van der Waals surface area contributed by atoms with Crippen LogP contribution in [-0.4, -0.2) is 39.3 Å². The maximum atomic E-state index is 13.7. The Kier molecular flexibility index (Phi) is 4.94. The number of hydrogen-bond donors (Lipinski definition) is 1. The number of piperidine rings is 1. The van der Waals surface area contributed by atoms with Gasteiger partial charge in [-0.3, -0.25) is 14.4 Å². The molecule has 5 rings (SSSR count). The number of ether oxygens (including phenoxy) is 1. The predicted octanol–water partition coefficient (Wildman–Crippen LogP) is 1.85. The number of carbonyl (C=O) groups is 1. The lowest BCUT2D eigenvalue weighted by atomic mass is 9.98. The van der Waals surface area contributed by atoms with Crippen LogP contribution >= 0.6 is 0 Å². The van der Waals surface area contributed by atoms with E-state index in [2.05, 4.69) is 15.0 Å². The molecule has 2 aliphatic rings. The fraction of sp³-hybridized carbons (Fsp3) is 0.391. The van der Waals surface area contributed by atoms with Gasteiger partial charge in [0.25, 0.3) is 11.1 Å². The van der Waals surface area contributed by atoms with Crippen molar-refractivity contribution < 1.29 is 9.53 Å². The van der Waals surface area contributed by atoms with Gasteiger partial charge in [0, 0.05) is 24.3 Å². The first-order valence-electron chi connectivity index (χ1n) is 10.6. The number of esters is 1. The number of fused-ring (bicyclic) bond motifs is 3. The smallest absolute Gasteiger partial charge is 0.325 e. The van der Waals surface area contributed by atoms with Crippen molar-refractivity contribution in [2.24, 2.45) is 0 Å². The van der Waals surface area contributed by atoms with Crippen LogP contribution in [0.15, 0.2) is 52.2 Å². The highest BCUT2D eigenvalue weighted by atomic mass is 16.5. The zero-order chi connectivity index (χ0) is 21.5. The molecule has 0 spiro atoms. The van der Waals surface area contributed by atoms with E-state index in [0.717, 1.165) is 31.2 Å². The molecule has 1 N–H and O–H groups in total. The molecule has 8 heteroatoms. The van der Waals surface area contributed by atoms with Crippen molar-refractivity contribution >= 4 is 17.0 Å². The highest BCUT2D eigenvalue weighted by Crippen LogP contribution is 2.34. The molecule has 0 amide bonds. The second kappa shape index (κ2) is 7.77. The Labute approximate surface area is 178 Å². The van der Waals surface area contributed by atoms with Crippen molar-refractivity contribution in [3.8, 4) is 11.3 Å². The van der Waals surface area contributed by atoms with Gasteiger partial charge < -0.3 is 19.2 Å². The van der Waals surface area contributed by atoms with E-state index in [1.807, 2.05) is 28.8 Å². The number of nitrogens with one attached hydrogen (secondary N) is 1. The summed E-state index contributed by atoms with van der Waals surface area (Å²) >= 11 is 0. The summed E-state index contributed by atoms with van der Waals surface area (Å²) in [5, 5.41) is 3.62. The van der Waals surface area contributed by atoms with E-state index in [4.69, 9.17) is 0 Å². The van der Waals surface area contributed by atoms with Crippen LogP contribution in [0.2, 0.25) is 0 Å². The molecular weight excluding hydrogens is 396 g/mol. The van der Waals surface area contributed by atoms with E-state index >= 15 is 0 Å². The quantitative estimate of drug-likeness (QED) is 0.648. The number of benzene rings is 1. The number of pyridine rings is 1. The maximum Gasteiger partial charge on any atom is 0.325 e. The summed E-state index contributed by atoms with van der Waals surface area (Å²) in [6, 6.07) is 11.7. The van der Waals surface area contributed by atoms with E-state index in [1.165, 1.54) is 17.9 Å². The van der Waals surface area contributed by atoms with Crippen LogP contribution in [0.25, 0.3) is 22.3 Å². The summed E-state index contributed by atoms with van der Waals surface area (Å²) in [6.07, 6.45) is 5.52. The molecule has 0 radical (unpaired) electrons. The SMILES string of the molecule is COC(=O)Cn1cccc(-c2nc3ccccc3n(C3CC4CCC(C3)N4)c2=O)c1=O. The van der Waals surface area contributed by atoms with Crippen molar-refractivity contribution in [2.75, 3.05) is 7.11 Å². The van der Waals surface area contributed by atoms with Gasteiger partial charge >= 0.3 is 5.97 Å². The molecule has 0 aliphatic carbocycles. The Morgan fingerprint density at radius 3 is 2.58 bits per heavy atom. The van der Waals surface area contributed by atoms with Gasteiger partial charge in [-0.05, 0) is 49.9 Å². The highest BCUT2D eigenvalue weighted by Gasteiger charge is 2.35. The van der Waals surface area contributed by atoms with Gasteiger partial charge in [0.05, 0.1) is 23.7 Å². The fourth-order valence-electron chi connectivity index (χ4n) is 4.98. The van der Waals surface area contributed by atoms with E-state index < -0.39 is 11.5 Å². The average Bonchev–Trinajstić information content (AvgIpc) is 3.12. The first-order valence-corrected chi connectivity index (χ1v) is 10.6. The van der Waals surface area contributed by atoms with Gasteiger partial charge in [-0.15, -0.1) is 0 Å². The number of carbonyl (C=O) groups excluding carboxylic acids is 1. The zero-order valence-electron chi connectivity index (χ0n) is 17.3. The van der Waals surface area contributed by atoms with Crippen molar-refractivity contribution in [2.45, 2.75) is 50.4 Å². The summed E-state index contributed by atoms with van der Waals surface area (Å²) in [5.74, 6) is -0.534. The molecule has 160 valence electrons. The first-order chi connectivity index (χ1) is 15.0. The van der Waals surface area contributed by atoms with Crippen LogP contribution in [0.1, 0.15) is 31.7 Å². The summed E-state index contributed by atoms with van der Waals surface area (Å²) < 4.78 is 7.75. The van der Waals surface area contributed by atoms with E-state index in [9.17, 15) is 14.4 Å². The third-order valence-electron chi connectivity index (χ3n) is 6.41. The number of methoxy groups -OCH3 is 1. The van der Waals surface area contributed by atoms with Crippen LogP contribution in [-0.2, 0) is 16.1 Å². The van der Waals surface area contributed by atoms with Crippen molar-refractivity contribution in [3.05, 3.63) is 63.3 Å². The first kappa shape index (κ1) is 19.7. The fourth-order valence-corrected chi connectivity index (χ4v) is 4.98. The van der Waals surface area contributed by atoms with Crippen molar-refractivity contribution in [1.29, 1.82) is 0 Å². The lowest BCUT2D eigenvalue weighted by molar-refractivity contribution is -0.141. The monoisotopic (exact) mass is 420 g/mol. The Hall–Kier alpha value is -3.26. The predicted molar refractivity (Wildman–Crippen MR) is 116 cm³/mol. The molecule has 2 unspecified atom stereocenters. The van der Waals surface area contributed by atoms with Gasteiger partial charge in [0.2, 0.25) is 0 Å². The maximum absolute atomic E-state index is 13.7. The van der Waals surface area contributed by atoms with Crippen molar-refractivity contribution in [1.82, 2.24) is 19.4 Å². The minimum atomic E-state index is -0.534. The lowest BCUT2D eigenvalue weighted by Crippen LogP contribution is -2.42. The second-order valence-corrected chi connectivity index (χ2v) is 8.32. The van der Waals surface area contributed by atoms with Crippen molar-refractivity contribution in [3.63, 3.8) is 0 Å². The van der Waals surface area contributed by atoms with Gasteiger partial charge in [-0.2, -0.15) is 0 Å². The Morgan fingerprint density at radius 2 is 1.84 bits per heavy atom. The number of aromatic nitrogens is 3. The van der Waals surface area contributed by atoms with Crippen LogP contribution in [0.4, 0.5) is 0 Å². The Bertz CT molecular complexity index is 1270. The number of para-hydroxylation sites is 2. The van der Waals surface area contributed by atoms with Crippen LogP contribution in [0.5, 0.6) is 0 Å². The van der Waals surface area contributed by atoms with Gasteiger partial charge in [0.15, 0.2) is 0 Å². The normalized spacial score (nSPS) is 22.5. The molecule has 2 aromatic heterocycles. The third kappa shape index (κ3) is 3.46. The molecule has 31 heavy (non-hydrogen) atoms. The van der Waals surface area contributed by atoms with Gasteiger partial charge in [-0.25, -0.2) is 4.98 Å². The topological polar surface area (TPSA) is 95.2 Å². The molecule has 8 nitrogen and oxygen atoms in total. The Balaban J connectivity index is 1.69. The summed E-state index contributed by atoms with van der Waals surface area (Å²) in [6.45, 7) is -0.220. The van der Waals surface area contributed by atoms with E-state index in [1.54, 1.807) is 12.1 Å².